The van der Waals surface area contributed by atoms with Crippen molar-refractivity contribution in [1.29, 1.82) is 0 Å². The molecule has 0 spiro atoms. The first-order valence-electron chi connectivity index (χ1n) is 3.45. The number of rotatable bonds is 3. The zero-order valence-corrected chi connectivity index (χ0v) is 8.70. The van der Waals surface area contributed by atoms with Crippen LogP contribution in [0.1, 0.15) is 0 Å². The largest absolute Gasteiger partial charge is 0.287 e. The van der Waals surface area contributed by atoms with E-state index in [2.05, 4.69) is 5.53 Å². The van der Waals surface area contributed by atoms with Gasteiger partial charge in [0.1, 0.15) is 6.00 Å². The highest BCUT2D eigenvalue weighted by Crippen LogP contribution is 2.08. The Hall–Kier alpha value is 0.330. The molecule has 0 bridgehead atoms. The van der Waals surface area contributed by atoms with Gasteiger partial charge in [0.25, 0.3) is 0 Å². The molecule has 0 atom stereocenters. The molecule has 0 amide bonds. The fourth-order valence-corrected chi connectivity index (χ4v) is 1.37. The van der Waals surface area contributed by atoms with Crippen molar-refractivity contribution in [2.24, 2.45) is 0 Å². The van der Waals surface area contributed by atoms with E-state index in [1.165, 1.54) is 0 Å². The Morgan fingerprint density at radius 2 is 2.08 bits per heavy atom. The van der Waals surface area contributed by atoms with E-state index >= 15 is 0 Å². The smallest absolute Gasteiger partial charge is 0.109 e. The van der Waals surface area contributed by atoms with Crippen LogP contribution in [-0.2, 0) is 0 Å². The standard InChI is InChI=1S/C6H10Cl3N3/c7-1-6-2-11(4-8)10-12(3-6)5-9/h2,10H,1,3-5H2. The van der Waals surface area contributed by atoms with Crippen LogP contribution in [0, 0.1) is 0 Å². The normalized spacial score (nSPS) is 19.6. The highest BCUT2D eigenvalue weighted by molar-refractivity contribution is 6.19. The van der Waals surface area contributed by atoms with Crippen LogP contribution in [0.4, 0.5) is 0 Å². The third kappa shape index (κ3) is 2.68. The average molecular weight is 231 g/mol. The van der Waals surface area contributed by atoms with Gasteiger partial charge in [-0.3, -0.25) is 5.01 Å². The summed E-state index contributed by atoms with van der Waals surface area (Å²) < 4.78 is 0. The summed E-state index contributed by atoms with van der Waals surface area (Å²) in [5.74, 6) is 0.502. The lowest BCUT2D eigenvalue weighted by molar-refractivity contribution is 0.0812. The molecule has 0 aromatic carbocycles. The molecule has 1 aliphatic rings. The maximum absolute atomic E-state index is 5.69. The highest BCUT2D eigenvalue weighted by Gasteiger charge is 2.14. The molecular weight excluding hydrogens is 220 g/mol. The molecule has 70 valence electrons. The SMILES string of the molecule is ClCC1=CN(CCl)NN(CCl)C1. The Labute approximate surface area is 86.8 Å². The van der Waals surface area contributed by atoms with Gasteiger partial charge in [-0.15, -0.1) is 34.8 Å². The summed E-state index contributed by atoms with van der Waals surface area (Å²) in [7, 11) is 0. The predicted octanol–water partition coefficient (Wildman–Crippen LogP) is 1.54. The Balaban J connectivity index is 2.57. The topological polar surface area (TPSA) is 18.5 Å². The molecule has 0 radical (unpaired) electrons. The van der Waals surface area contributed by atoms with Crippen molar-refractivity contribution in [1.82, 2.24) is 15.6 Å². The Morgan fingerprint density at radius 1 is 1.33 bits per heavy atom. The Kier molecular flexibility index (Phi) is 4.46. The third-order valence-corrected chi connectivity index (χ3v) is 2.34. The average Bonchev–Trinajstić information content (AvgIpc) is 2.16. The first-order chi connectivity index (χ1) is 5.80. The zero-order chi connectivity index (χ0) is 8.97. The van der Waals surface area contributed by atoms with Gasteiger partial charge in [0.2, 0.25) is 0 Å². The number of hydrazine groups is 2. The first kappa shape index (κ1) is 10.4. The van der Waals surface area contributed by atoms with Gasteiger partial charge < -0.3 is 0 Å². The minimum absolute atomic E-state index is 0.369. The van der Waals surface area contributed by atoms with Gasteiger partial charge in [0.15, 0.2) is 0 Å². The minimum Gasteiger partial charge on any atom is -0.287 e. The van der Waals surface area contributed by atoms with E-state index in [4.69, 9.17) is 34.8 Å². The highest BCUT2D eigenvalue weighted by atomic mass is 35.5. The van der Waals surface area contributed by atoms with Crippen LogP contribution in [0.15, 0.2) is 11.8 Å². The van der Waals surface area contributed by atoms with Gasteiger partial charge in [-0.1, -0.05) is 0 Å². The van der Waals surface area contributed by atoms with Crippen LogP contribution in [0.2, 0.25) is 0 Å². The van der Waals surface area contributed by atoms with E-state index in [-0.39, 0.29) is 0 Å². The Morgan fingerprint density at radius 3 is 2.58 bits per heavy atom. The molecule has 1 rings (SSSR count). The number of halogens is 3. The lowest BCUT2D eigenvalue weighted by Gasteiger charge is -2.33. The van der Waals surface area contributed by atoms with Gasteiger partial charge in [0.05, 0.1) is 6.00 Å². The van der Waals surface area contributed by atoms with Crippen LogP contribution in [0.3, 0.4) is 0 Å². The van der Waals surface area contributed by atoms with Crippen LogP contribution in [-0.4, -0.2) is 34.5 Å². The molecule has 0 aliphatic carbocycles. The molecule has 0 aromatic heterocycles. The molecule has 0 aromatic rings. The molecule has 1 heterocycles. The van der Waals surface area contributed by atoms with Gasteiger partial charge in [-0.05, 0) is 5.57 Å². The van der Waals surface area contributed by atoms with E-state index in [0.29, 0.717) is 17.9 Å². The molecule has 6 heteroatoms. The van der Waals surface area contributed by atoms with Crippen molar-refractivity contribution >= 4 is 34.8 Å². The van der Waals surface area contributed by atoms with Crippen molar-refractivity contribution in [3.8, 4) is 0 Å². The lowest BCUT2D eigenvalue weighted by Crippen LogP contribution is -2.50. The zero-order valence-electron chi connectivity index (χ0n) is 6.43. The van der Waals surface area contributed by atoms with E-state index in [9.17, 15) is 0 Å². The third-order valence-electron chi connectivity index (χ3n) is 1.45. The maximum Gasteiger partial charge on any atom is 0.109 e. The van der Waals surface area contributed by atoms with E-state index in [1.54, 1.807) is 5.01 Å². The molecule has 0 fully saturated rings. The molecule has 0 saturated heterocycles. The molecule has 1 aliphatic heterocycles. The lowest BCUT2D eigenvalue weighted by atomic mass is 10.3. The van der Waals surface area contributed by atoms with E-state index in [0.717, 1.165) is 12.1 Å². The second kappa shape index (κ2) is 5.14. The number of alkyl halides is 3. The van der Waals surface area contributed by atoms with Crippen LogP contribution >= 0.6 is 34.8 Å². The molecule has 0 saturated carbocycles. The van der Waals surface area contributed by atoms with Crippen LogP contribution in [0.5, 0.6) is 0 Å². The van der Waals surface area contributed by atoms with Gasteiger partial charge in [-0.25, -0.2) is 5.01 Å². The summed E-state index contributed by atoms with van der Waals surface area (Å²) >= 11 is 17.0. The number of hydrogen-bond donors (Lipinski definition) is 1. The van der Waals surface area contributed by atoms with Crippen LogP contribution in [0.25, 0.3) is 0 Å². The summed E-state index contributed by atoms with van der Waals surface area (Å²) in [5.41, 5.74) is 4.08. The second-order valence-corrected chi connectivity index (χ2v) is 3.17. The summed E-state index contributed by atoms with van der Waals surface area (Å²) in [4.78, 5) is 0. The van der Waals surface area contributed by atoms with E-state index < -0.39 is 0 Å². The monoisotopic (exact) mass is 229 g/mol. The first-order valence-corrected chi connectivity index (χ1v) is 5.06. The van der Waals surface area contributed by atoms with Gasteiger partial charge in [0, 0.05) is 18.6 Å². The molecule has 3 nitrogen and oxygen atoms in total. The summed E-state index contributed by atoms with van der Waals surface area (Å²) in [6.07, 6.45) is 1.89. The summed E-state index contributed by atoms with van der Waals surface area (Å²) in [6, 6.07) is 0.773. The predicted molar refractivity (Wildman–Crippen MR) is 51.9 cm³/mol. The fraction of sp³-hybridized carbons (Fsp3) is 0.667. The molecule has 1 N–H and O–H groups in total. The van der Waals surface area contributed by atoms with Gasteiger partial charge in [-0.2, -0.15) is 5.53 Å². The van der Waals surface area contributed by atoms with Crippen molar-refractivity contribution in [3.63, 3.8) is 0 Å². The van der Waals surface area contributed by atoms with Crippen molar-refractivity contribution in [2.75, 3.05) is 24.4 Å². The Bertz CT molecular complexity index is 173. The van der Waals surface area contributed by atoms with Crippen molar-refractivity contribution < 1.29 is 0 Å². The number of nitrogens with one attached hydrogen (secondary N) is 1. The van der Waals surface area contributed by atoms with Gasteiger partial charge >= 0.3 is 0 Å². The molecule has 0 unspecified atom stereocenters. The summed E-state index contributed by atoms with van der Waals surface area (Å²) in [6.45, 7) is 0.736. The van der Waals surface area contributed by atoms with Crippen molar-refractivity contribution in [3.05, 3.63) is 11.8 Å². The molecular formula is C6H10Cl3N3. The molecule has 12 heavy (non-hydrogen) atoms. The quantitative estimate of drug-likeness (QED) is 0.586. The second-order valence-electron chi connectivity index (χ2n) is 2.43. The fourth-order valence-electron chi connectivity index (χ4n) is 0.959. The maximum atomic E-state index is 5.69. The van der Waals surface area contributed by atoms with Crippen LogP contribution < -0.4 is 5.53 Å². The minimum atomic E-state index is 0.369. The summed E-state index contributed by atoms with van der Waals surface area (Å²) in [5, 5.41) is 3.55. The number of nitrogens with zero attached hydrogens (tertiary/aromatic N) is 2. The number of hydrogen-bond acceptors (Lipinski definition) is 3. The van der Waals surface area contributed by atoms with E-state index in [1.807, 2.05) is 11.2 Å². The van der Waals surface area contributed by atoms with Crippen molar-refractivity contribution in [2.45, 2.75) is 0 Å².